The summed E-state index contributed by atoms with van der Waals surface area (Å²) >= 11 is 0. The van der Waals surface area contributed by atoms with Crippen LogP contribution < -0.4 is 15.8 Å². The molecular weight excluding hydrogens is 414 g/mol. The topological polar surface area (TPSA) is 143 Å². The van der Waals surface area contributed by atoms with Gasteiger partial charge in [-0.2, -0.15) is 0 Å². The van der Waals surface area contributed by atoms with E-state index in [9.17, 15) is 4.79 Å². The van der Waals surface area contributed by atoms with Gasteiger partial charge in [-0.15, -0.1) is 0 Å². The number of carbonyl (C=O) groups is 1. The first-order valence-corrected chi connectivity index (χ1v) is 10.2. The van der Waals surface area contributed by atoms with E-state index >= 15 is 0 Å². The molecule has 11 heteroatoms. The molecule has 32 heavy (non-hydrogen) atoms. The van der Waals surface area contributed by atoms with E-state index in [1.165, 1.54) is 7.11 Å². The number of anilines is 1. The summed E-state index contributed by atoms with van der Waals surface area (Å²) in [6.45, 7) is 1.79. The number of nitrogen functional groups attached to an aromatic ring is 1. The summed E-state index contributed by atoms with van der Waals surface area (Å²) in [7, 11) is 1.34. The van der Waals surface area contributed by atoms with E-state index in [4.69, 9.17) is 24.8 Å². The van der Waals surface area contributed by atoms with E-state index in [1.54, 1.807) is 30.5 Å². The van der Waals surface area contributed by atoms with Gasteiger partial charge in [-0.05, 0) is 54.4 Å². The number of hydrogen-bond donors (Lipinski definition) is 2. The average molecular weight is 435 g/mol. The first kappa shape index (κ1) is 19.9. The van der Waals surface area contributed by atoms with Crippen LogP contribution in [0.5, 0.6) is 11.6 Å². The van der Waals surface area contributed by atoms with Crippen LogP contribution in [-0.4, -0.2) is 51.0 Å². The lowest BCUT2D eigenvalue weighted by Crippen LogP contribution is -2.29. The molecule has 0 bridgehead atoms. The highest BCUT2D eigenvalue weighted by atomic mass is 16.6. The molecule has 0 aliphatic carbocycles. The summed E-state index contributed by atoms with van der Waals surface area (Å²) < 4.78 is 17.6. The molecule has 164 valence electrons. The fraction of sp³-hybridized carbons (Fsp3) is 0.286. The molecule has 0 atom stereocenters. The largest absolute Gasteiger partial charge is 0.465 e. The number of fused-ring (bicyclic) bond motifs is 1. The molecular formula is C21H21N7O4. The standard InChI is InChI=1S/C21H21N7O4/c1-30-21(29)12-3-2-4-14(9-12)31-17-10-16-15(11-24-17)25-20(18-19(22)27-32-26-18)28(16)13-5-7-23-8-6-13/h2-4,9-11,13,23H,5-8H2,1H3,(H2,22,27). The molecule has 0 radical (unpaired) electrons. The highest BCUT2D eigenvalue weighted by Gasteiger charge is 2.26. The number of methoxy groups -OCH3 is 1. The number of imidazole rings is 1. The zero-order valence-corrected chi connectivity index (χ0v) is 17.3. The molecule has 1 fully saturated rings. The lowest BCUT2D eigenvalue weighted by molar-refractivity contribution is 0.0600. The fourth-order valence-electron chi connectivity index (χ4n) is 3.91. The SMILES string of the molecule is COC(=O)c1cccc(Oc2cc3c(cn2)nc(-c2nonc2N)n3C2CCNCC2)c1. The van der Waals surface area contributed by atoms with Crippen LogP contribution in [0.4, 0.5) is 5.82 Å². The van der Waals surface area contributed by atoms with Crippen molar-refractivity contribution in [3.05, 3.63) is 42.1 Å². The van der Waals surface area contributed by atoms with Crippen molar-refractivity contribution in [3.8, 4) is 23.1 Å². The predicted molar refractivity (Wildman–Crippen MR) is 114 cm³/mol. The smallest absolute Gasteiger partial charge is 0.337 e. The van der Waals surface area contributed by atoms with Gasteiger partial charge in [0.05, 0.1) is 24.4 Å². The minimum atomic E-state index is -0.439. The minimum absolute atomic E-state index is 0.180. The number of carbonyl (C=O) groups excluding carboxylic acids is 1. The van der Waals surface area contributed by atoms with Crippen molar-refractivity contribution in [2.75, 3.05) is 25.9 Å². The van der Waals surface area contributed by atoms with Gasteiger partial charge in [-0.3, -0.25) is 0 Å². The number of pyridine rings is 1. The number of benzene rings is 1. The Labute approximate surface area is 182 Å². The van der Waals surface area contributed by atoms with Gasteiger partial charge in [0.25, 0.3) is 0 Å². The Balaban J connectivity index is 1.57. The predicted octanol–water partition coefficient (Wildman–Crippen LogP) is 2.57. The number of ether oxygens (including phenoxy) is 2. The molecule has 0 saturated carbocycles. The Kier molecular flexibility index (Phi) is 5.15. The molecule has 3 aromatic heterocycles. The molecule has 1 aliphatic rings. The highest BCUT2D eigenvalue weighted by Crippen LogP contribution is 2.34. The van der Waals surface area contributed by atoms with Crippen LogP contribution >= 0.6 is 0 Å². The molecule has 4 heterocycles. The number of nitrogens with zero attached hydrogens (tertiary/aromatic N) is 5. The zero-order chi connectivity index (χ0) is 22.1. The summed E-state index contributed by atoms with van der Waals surface area (Å²) in [4.78, 5) is 20.9. The van der Waals surface area contributed by atoms with Crippen LogP contribution in [0.25, 0.3) is 22.6 Å². The normalized spacial score (nSPS) is 14.5. The van der Waals surface area contributed by atoms with Gasteiger partial charge in [-0.1, -0.05) is 6.07 Å². The quantitative estimate of drug-likeness (QED) is 0.449. The van der Waals surface area contributed by atoms with Gasteiger partial charge in [0.1, 0.15) is 11.3 Å². The average Bonchev–Trinajstić information content (AvgIpc) is 3.42. The van der Waals surface area contributed by atoms with Crippen molar-refractivity contribution in [1.82, 2.24) is 30.2 Å². The lowest BCUT2D eigenvalue weighted by atomic mass is 10.1. The Hall–Kier alpha value is -3.99. The summed E-state index contributed by atoms with van der Waals surface area (Å²) in [6, 6.07) is 8.74. The van der Waals surface area contributed by atoms with E-state index in [0.717, 1.165) is 31.4 Å². The van der Waals surface area contributed by atoms with Crippen LogP contribution in [0.3, 0.4) is 0 Å². The maximum Gasteiger partial charge on any atom is 0.337 e. The van der Waals surface area contributed by atoms with Gasteiger partial charge in [-0.25, -0.2) is 19.4 Å². The van der Waals surface area contributed by atoms with Gasteiger partial charge in [0.2, 0.25) is 5.88 Å². The van der Waals surface area contributed by atoms with Crippen molar-refractivity contribution in [1.29, 1.82) is 0 Å². The van der Waals surface area contributed by atoms with E-state index < -0.39 is 5.97 Å². The number of nitrogens with two attached hydrogens (primary N) is 1. The first-order valence-electron chi connectivity index (χ1n) is 10.2. The summed E-state index contributed by atoms with van der Waals surface area (Å²) in [5, 5.41) is 11.0. The van der Waals surface area contributed by atoms with Crippen molar-refractivity contribution >= 4 is 22.8 Å². The van der Waals surface area contributed by atoms with Crippen LogP contribution in [0.15, 0.2) is 41.2 Å². The number of esters is 1. The third kappa shape index (κ3) is 3.62. The maximum atomic E-state index is 11.8. The maximum absolute atomic E-state index is 11.8. The molecule has 1 aromatic carbocycles. The molecule has 1 saturated heterocycles. The summed E-state index contributed by atoms with van der Waals surface area (Å²) in [5.41, 5.74) is 8.26. The van der Waals surface area contributed by atoms with E-state index in [-0.39, 0.29) is 11.9 Å². The second kappa shape index (κ2) is 8.27. The number of rotatable bonds is 5. The van der Waals surface area contributed by atoms with Gasteiger partial charge >= 0.3 is 5.97 Å². The van der Waals surface area contributed by atoms with E-state index in [0.29, 0.717) is 34.2 Å². The lowest BCUT2D eigenvalue weighted by Gasteiger charge is -2.26. The molecule has 3 N–H and O–H groups in total. The molecule has 11 nitrogen and oxygen atoms in total. The third-order valence-corrected chi connectivity index (χ3v) is 5.43. The van der Waals surface area contributed by atoms with Crippen molar-refractivity contribution < 1.29 is 18.9 Å². The number of piperidine rings is 1. The molecule has 0 amide bonds. The van der Waals surface area contributed by atoms with Crippen LogP contribution in [0.1, 0.15) is 29.2 Å². The Morgan fingerprint density at radius 2 is 2.09 bits per heavy atom. The second-order valence-electron chi connectivity index (χ2n) is 7.42. The summed E-state index contributed by atoms with van der Waals surface area (Å²) in [5.74, 6) is 1.16. The summed E-state index contributed by atoms with van der Waals surface area (Å²) in [6.07, 6.45) is 3.48. The molecule has 0 spiro atoms. The Morgan fingerprint density at radius 1 is 1.25 bits per heavy atom. The fourth-order valence-corrected chi connectivity index (χ4v) is 3.91. The third-order valence-electron chi connectivity index (χ3n) is 5.43. The monoisotopic (exact) mass is 435 g/mol. The van der Waals surface area contributed by atoms with Crippen molar-refractivity contribution in [2.45, 2.75) is 18.9 Å². The molecule has 5 rings (SSSR count). The molecule has 4 aromatic rings. The van der Waals surface area contributed by atoms with Crippen LogP contribution in [-0.2, 0) is 4.74 Å². The molecule has 1 aliphatic heterocycles. The van der Waals surface area contributed by atoms with Crippen molar-refractivity contribution in [2.24, 2.45) is 0 Å². The van der Waals surface area contributed by atoms with Gasteiger partial charge in [0, 0.05) is 12.1 Å². The Bertz CT molecular complexity index is 1280. The van der Waals surface area contributed by atoms with Crippen LogP contribution in [0.2, 0.25) is 0 Å². The van der Waals surface area contributed by atoms with Gasteiger partial charge < -0.3 is 25.1 Å². The highest BCUT2D eigenvalue weighted by molar-refractivity contribution is 5.89. The van der Waals surface area contributed by atoms with Gasteiger partial charge in [0.15, 0.2) is 17.3 Å². The minimum Gasteiger partial charge on any atom is -0.465 e. The number of aromatic nitrogens is 5. The number of nitrogens with one attached hydrogen (secondary N) is 1. The zero-order valence-electron chi connectivity index (χ0n) is 17.3. The van der Waals surface area contributed by atoms with E-state index in [2.05, 4.69) is 25.2 Å². The molecule has 0 unspecified atom stereocenters. The first-order chi connectivity index (χ1) is 15.6. The number of hydrogen-bond acceptors (Lipinski definition) is 10. The second-order valence-corrected chi connectivity index (χ2v) is 7.42. The van der Waals surface area contributed by atoms with Crippen molar-refractivity contribution in [3.63, 3.8) is 0 Å². The van der Waals surface area contributed by atoms with Crippen LogP contribution in [0, 0.1) is 0 Å². The Morgan fingerprint density at radius 3 is 2.84 bits per heavy atom. The van der Waals surface area contributed by atoms with E-state index in [1.807, 2.05) is 6.07 Å².